The number of benzene rings is 3. The van der Waals surface area contributed by atoms with Crippen molar-refractivity contribution in [2.75, 3.05) is 19.8 Å². The monoisotopic (exact) mass is 413 g/mol. The number of fused-ring (bicyclic) bond motifs is 3. The van der Waals surface area contributed by atoms with Crippen LogP contribution in [0.25, 0.3) is 17.2 Å². The van der Waals surface area contributed by atoms with Gasteiger partial charge < -0.3 is 15.2 Å². The molecule has 0 aromatic heterocycles. The highest BCUT2D eigenvalue weighted by molar-refractivity contribution is 5.79. The molecule has 3 aromatic rings. The molecule has 31 heavy (non-hydrogen) atoms. The molecule has 0 fully saturated rings. The number of amides is 1. The highest BCUT2D eigenvalue weighted by Crippen LogP contribution is 2.44. The minimum atomic E-state index is -0.386. The van der Waals surface area contributed by atoms with E-state index in [1.165, 1.54) is 22.3 Å². The third-order valence-electron chi connectivity index (χ3n) is 5.61. The fourth-order valence-corrected chi connectivity index (χ4v) is 4.05. The predicted octanol–water partition coefficient (Wildman–Crippen LogP) is 5.16. The van der Waals surface area contributed by atoms with Crippen LogP contribution in [-0.4, -0.2) is 31.0 Å². The number of ether oxygens (including phenoxy) is 1. The summed E-state index contributed by atoms with van der Waals surface area (Å²) in [5, 5.41) is 11.8. The topological polar surface area (TPSA) is 58.6 Å². The van der Waals surface area contributed by atoms with Crippen LogP contribution in [-0.2, 0) is 11.2 Å². The molecule has 0 radical (unpaired) electrons. The van der Waals surface area contributed by atoms with Crippen molar-refractivity contribution >= 4 is 12.2 Å². The van der Waals surface area contributed by atoms with Gasteiger partial charge in [-0.2, -0.15) is 0 Å². The molecule has 0 spiro atoms. The van der Waals surface area contributed by atoms with Gasteiger partial charge in [-0.05, 0) is 46.2 Å². The minimum Gasteiger partial charge on any atom is -0.449 e. The van der Waals surface area contributed by atoms with Gasteiger partial charge in [0.05, 0.1) is 0 Å². The van der Waals surface area contributed by atoms with Crippen LogP contribution in [0.5, 0.6) is 0 Å². The Morgan fingerprint density at radius 2 is 1.58 bits per heavy atom. The highest BCUT2D eigenvalue weighted by Gasteiger charge is 2.28. The lowest BCUT2D eigenvalue weighted by Gasteiger charge is -2.14. The van der Waals surface area contributed by atoms with Crippen molar-refractivity contribution in [2.24, 2.45) is 0 Å². The Morgan fingerprint density at radius 3 is 2.23 bits per heavy atom. The van der Waals surface area contributed by atoms with E-state index < -0.39 is 0 Å². The summed E-state index contributed by atoms with van der Waals surface area (Å²) in [5.74, 6) is 0.0758. The Labute approximate surface area is 183 Å². The zero-order chi connectivity index (χ0) is 21.5. The van der Waals surface area contributed by atoms with Gasteiger partial charge in [-0.1, -0.05) is 84.9 Å². The summed E-state index contributed by atoms with van der Waals surface area (Å²) >= 11 is 0. The first-order valence-corrected chi connectivity index (χ1v) is 10.7. The summed E-state index contributed by atoms with van der Waals surface area (Å²) in [6.07, 6.45) is 5.08. The number of aliphatic hydroxyl groups is 1. The normalized spacial score (nSPS) is 12.5. The van der Waals surface area contributed by atoms with Crippen molar-refractivity contribution < 1.29 is 14.6 Å². The Hall–Kier alpha value is -3.37. The number of hydrogen-bond acceptors (Lipinski definition) is 3. The van der Waals surface area contributed by atoms with Gasteiger partial charge in [-0.25, -0.2) is 4.79 Å². The van der Waals surface area contributed by atoms with E-state index in [1.54, 1.807) is 0 Å². The first-order valence-electron chi connectivity index (χ1n) is 10.7. The molecule has 158 valence electrons. The third-order valence-corrected chi connectivity index (χ3v) is 5.61. The third kappa shape index (κ3) is 5.04. The van der Waals surface area contributed by atoms with Crippen LogP contribution in [0, 0.1) is 0 Å². The van der Waals surface area contributed by atoms with Gasteiger partial charge in [-0.15, -0.1) is 0 Å². The maximum atomic E-state index is 12.2. The molecule has 0 saturated carbocycles. The maximum Gasteiger partial charge on any atom is 0.407 e. The average Bonchev–Trinajstić information content (AvgIpc) is 3.12. The number of carbonyl (C=O) groups is 1. The van der Waals surface area contributed by atoms with Gasteiger partial charge >= 0.3 is 6.09 Å². The number of hydrogen-bond donors (Lipinski definition) is 2. The first-order chi connectivity index (χ1) is 15.3. The van der Waals surface area contributed by atoms with E-state index in [-0.39, 0.29) is 18.6 Å². The molecule has 0 heterocycles. The highest BCUT2D eigenvalue weighted by atomic mass is 16.5. The summed E-state index contributed by atoms with van der Waals surface area (Å²) in [6.45, 7) is 1.02. The van der Waals surface area contributed by atoms with Gasteiger partial charge in [0, 0.05) is 19.1 Å². The Bertz CT molecular complexity index is 1010. The second-order valence-electron chi connectivity index (χ2n) is 7.66. The van der Waals surface area contributed by atoms with Crippen LogP contribution in [0.15, 0.2) is 78.9 Å². The molecule has 1 amide bonds. The molecule has 4 heteroatoms. The molecule has 3 aromatic carbocycles. The van der Waals surface area contributed by atoms with E-state index in [2.05, 4.69) is 29.6 Å². The SMILES string of the molecule is O=C(NCCC=Cc1ccc(CCO)cc1)OCC1c2ccccc2-c2ccccc21. The molecule has 0 bridgehead atoms. The second kappa shape index (κ2) is 10.1. The van der Waals surface area contributed by atoms with E-state index in [0.29, 0.717) is 19.6 Å². The largest absolute Gasteiger partial charge is 0.449 e. The van der Waals surface area contributed by atoms with Gasteiger partial charge in [0.2, 0.25) is 0 Å². The molecule has 4 rings (SSSR count). The molecule has 2 N–H and O–H groups in total. The summed E-state index contributed by atoms with van der Waals surface area (Å²) < 4.78 is 5.55. The molecular formula is C27H27NO3. The molecule has 0 saturated heterocycles. The summed E-state index contributed by atoms with van der Waals surface area (Å²) in [6, 6.07) is 24.7. The number of rotatable bonds is 8. The summed E-state index contributed by atoms with van der Waals surface area (Å²) in [5.41, 5.74) is 7.09. The average molecular weight is 414 g/mol. The number of alkyl carbamates (subject to hydrolysis) is 1. The molecule has 1 aliphatic carbocycles. The van der Waals surface area contributed by atoms with Gasteiger partial charge in [0.25, 0.3) is 0 Å². The lowest BCUT2D eigenvalue weighted by atomic mass is 9.98. The number of aliphatic hydroxyl groups excluding tert-OH is 1. The zero-order valence-corrected chi connectivity index (χ0v) is 17.5. The Balaban J connectivity index is 1.24. The Morgan fingerprint density at radius 1 is 0.935 bits per heavy atom. The molecule has 0 aliphatic heterocycles. The van der Waals surface area contributed by atoms with Crippen molar-refractivity contribution in [2.45, 2.75) is 18.8 Å². The van der Waals surface area contributed by atoms with Crippen LogP contribution < -0.4 is 5.32 Å². The van der Waals surface area contributed by atoms with E-state index in [1.807, 2.05) is 60.7 Å². The second-order valence-corrected chi connectivity index (χ2v) is 7.66. The molecule has 0 unspecified atom stereocenters. The van der Waals surface area contributed by atoms with Crippen molar-refractivity contribution in [1.82, 2.24) is 5.32 Å². The summed E-state index contributed by atoms with van der Waals surface area (Å²) in [4.78, 5) is 12.2. The smallest absolute Gasteiger partial charge is 0.407 e. The van der Waals surface area contributed by atoms with Crippen LogP contribution >= 0.6 is 0 Å². The molecular weight excluding hydrogens is 386 g/mol. The van der Waals surface area contributed by atoms with Gasteiger partial charge in [0.15, 0.2) is 0 Å². The van der Waals surface area contributed by atoms with Crippen LogP contribution in [0.3, 0.4) is 0 Å². The fraction of sp³-hybridized carbons (Fsp3) is 0.222. The Kier molecular flexibility index (Phi) is 6.80. The fourth-order valence-electron chi connectivity index (χ4n) is 4.05. The molecule has 4 nitrogen and oxygen atoms in total. The van der Waals surface area contributed by atoms with Crippen molar-refractivity contribution in [1.29, 1.82) is 0 Å². The summed E-state index contributed by atoms with van der Waals surface area (Å²) in [7, 11) is 0. The zero-order valence-electron chi connectivity index (χ0n) is 17.5. The van der Waals surface area contributed by atoms with E-state index >= 15 is 0 Å². The van der Waals surface area contributed by atoms with E-state index in [4.69, 9.17) is 9.84 Å². The van der Waals surface area contributed by atoms with Crippen LogP contribution in [0.1, 0.15) is 34.6 Å². The predicted molar refractivity (Wildman–Crippen MR) is 124 cm³/mol. The number of carbonyl (C=O) groups excluding carboxylic acids is 1. The van der Waals surface area contributed by atoms with Crippen molar-refractivity contribution in [3.05, 3.63) is 101 Å². The lowest BCUT2D eigenvalue weighted by molar-refractivity contribution is 0.143. The van der Waals surface area contributed by atoms with Crippen molar-refractivity contribution in [3.8, 4) is 11.1 Å². The maximum absolute atomic E-state index is 12.2. The lowest BCUT2D eigenvalue weighted by Crippen LogP contribution is -2.26. The molecule has 1 aliphatic rings. The standard InChI is InChI=1S/C27H27NO3/c29-18-16-21-14-12-20(13-15-21)7-5-6-17-28-27(30)31-19-26-24-10-3-1-8-22(24)23-9-2-4-11-25(23)26/h1-5,7-15,26,29H,6,16-19H2,(H,28,30). The van der Waals surface area contributed by atoms with E-state index in [9.17, 15) is 4.79 Å². The quantitative estimate of drug-likeness (QED) is 0.501. The van der Waals surface area contributed by atoms with Gasteiger partial charge in [0.1, 0.15) is 6.61 Å². The van der Waals surface area contributed by atoms with Crippen molar-refractivity contribution in [3.63, 3.8) is 0 Å². The molecule has 0 atom stereocenters. The van der Waals surface area contributed by atoms with Crippen LogP contribution in [0.2, 0.25) is 0 Å². The van der Waals surface area contributed by atoms with Gasteiger partial charge in [-0.3, -0.25) is 0 Å². The van der Waals surface area contributed by atoms with E-state index in [0.717, 1.165) is 17.5 Å². The minimum absolute atomic E-state index is 0.0758. The van der Waals surface area contributed by atoms with Crippen LogP contribution in [0.4, 0.5) is 4.79 Å². The number of nitrogens with one attached hydrogen (secondary N) is 1. The first kappa shape index (κ1) is 20.9.